The van der Waals surface area contributed by atoms with Gasteiger partial charge in [-0.1, -0.05) is 12.1 Å². The Kier molecular flexibility index (Phi) is 6.89. The third kappa shape index (κ3) is 4.85. The van der Waals surface area contributed by atoms with Crippen LogP contribution in [0.2, 0.25) is 0 Å². The smallest absolute Gasteiger partial charge is 0.321 e. The van der Waals surface area contributed by atoms with Crippen LogP contribution in [0.15, 0.2) is 36.4 Å². The van der Waals surface area contributed by atoms with E-state index in [0.717, 1.165) is 56.1 Å². The molecular weight excluding hydrogens is 400 g/mol. The minimum absolute atomic E-state index is 0.0280. The Morgan fingerprint density at radius 3 is 2.56 bits per heavy atom. The molecule has 2 fully saturated rings. The van der Waals surface area contributed by atoms with E-state index in [0.29, 0.717) is 6.04 Å². The highest BCUT2D eigenvalue weighted by Crippen LogP contribution is 2.28. The fourth-order valence-corrected chi connectivity index (χ4v) is 4.94. The van der Waals surface area contributed by atoms with Gasteiger partial charge in [-0.2, -0.15) is 0 Å². The van der Waals surface area contributed by atoms with E-state index in [4.69, 9.17) is 4.74 Å². The van der Waals surface area contributed by atoms with Crippen LogP contribution in [0.25, 0.3) is 0 Å². The first-order valence-corrected chi connectivity index (χ1v) is 11.7. The summed E-state index contributed by atoms with van der Waals surface area (Å²) in [6.07, 6.45) is 3.40. The van der Waals surface area contributed by atoms with Crippen molar-refractivity contribution >= 4 is 17.4 Å². The number of aryl methyl sites for hydroxylation is 1. The van der Waals surface area contributed by atoms with Crippen molar-refractivity contribution in [1.82, 2.24) is 9.80 Å². The predicted octanol–water partition coefficient (Wildman–Crippen LogP) is 4.30. The van der Waals surface area contributed by atoms with Crippen LogP contribution in [0.3, 0.4) is 0 Å². The van der Waals surface area contributed by atoms with Gasteiger partial charge in [0.25, 0.3) is 0 Å². The van der Waals surface area contributed by atoms with Crippen molar-refractivity contribution in [2.45, 2.75) is 39.2 Å². The molecule has 2 aromatic carbocycles. The van der Waals surface area contributed by atoms with Gasteiger partial charge in [-0.3, -0.25) is 0 Å². The number of likely N-dealkylation sites (tertiary alicyclic amines) is 1. The molecule has 0 unspecified atom stereocenters. The van der Waals surface area contributed by atoms with Gasteiger partial charge >= 0.3 is 6.03 Å². The fourth-order valence-electron chi connectivity index (χ4n) is 4.94. The molecule has 2 aliphatic heterocycles. The monoisotopic (exact) mass is 436 g/mol. The van der Waals surface area contributed by atoms with Crippen molar-refractivity contribution in [1.29, 1.82) is 0 Å². The third-order valence-corrected chi connectivity index (χ3v) is 7.14. The molecule has 0 aliphatic carbocycles. The Morgan fingerprint density at radius 1 is 1.09 bits per heavy atom. The lowest BCUT2D eigenvalue weighted by atomic mass is 10.0. The van der Waals surface area contributed by atoms with Crippen LogP contribution in [0.5, 0.6) is 5.75 Å². The molecule has 1 N–H and O–H groups in total. The largest absolute Gasteiger partial charge is 0.496 e. The first kappa shape index (κ1) is 22.5. The normalized spacial score (nSPS) is 19.3. The molecule has 0 bridgehead atoms. The average Bonchev–Trinajstić information content (AvgIpc) is 3.20. The van der Waals surface area contributed by atoms with Crippen molar-refractivity contribution < 1.29 is 9.53 Å². The number of ether oxygens (including phenoxy) is 1. The number of nitrogens with one attached hydrogen (secondary N) is 1. The van der Waals surface area contributed by atoms with Gasteiger partial charge in [-0.05, 0) is 87.7 Å². The Balaban J connectivity index is 1.38. The Bertz CT molecular complexity index is 953. The first-order valence-electron chi connectivity index (χ1n) is 11.7. The number of hydrogen-bond donors (Lipinski definition) is 1. The number of urea groups is 1. The van der Waals surface area contributed by atoms with Crippen LogP contribution in [-0.2, 0) is 6.42 Å². The number of piperazine rings is 1. The van der Waals surface area contributed by atoms with Crippen molar-refractivity contribution in [2.24, 2.45) is 0 Å². The molecule has 1 atom stereocenters. The van der Waals surface area contributed by atoms with Crippen LogP contribution in [-0.4, -0.2) is 68.8 Å². The van der Waals surface area contributed by atoms with Gasteiger partial charge < -0.3 is 24.8 Å². The SMILES string of the molecule is COc1ccc(NC(=O)N2CCN(c3cccc(C)c3C)CC2)cc1C[C@@H]1CCCN1C. The molecule has 4 rings (SSSR count). The molecule has 0 radical (unpaired) electrons. The molecule has 2 amide bonds. The van der Waals surface area contributed by atoms with E-state index in [1.807, 2.05) is 17.0 Å². The van der Waals surface area contributed by atoms with Crippen molar-refractivity contribution in [3.8, 4) is 5.75 Å². The zero-order chi connectivity index (χ0) is 22.7. The van der Waals surface area contributed by atoms with Gasteiger partial charge in [0.05, 0.1) is 7.11 Å². The highest BCUT2D eigenvalue weighted by molar-refractivity contribution is 5.89. The molecule has 6 nitrogen and oxygen atoms in total. The summed E-state index contributed by atoms with van der Waals surface area (Å²) in [4.78, 5) is 19.7. The summed E-state index contributed by atoms with van der Waals surface area (Å²) in [5, 5.41) is 3.11. The molecule has 2 heterocycles. The summed E-state index contributed by atoms with van der Waals surface area (Å²) >= 11 is 0. The maximum atomic E-state index is 13.0. The number of anilines is 2. The molecule has 2 aliphatic rings. The number of hydrogen-bond acceptors (Lipinski definition) is 4. The van der Waals surface area contributed by atoms with E-state index in [9.17, 15) is 4.79 Å². The Hall–Kier alpha value is -2.73. The molecule has 172 valence electrons. The number of benzene rings is 2. The number of nitrogens with zero attached hydrogens (tertiary/aromatic N) is 3. The van der Waals surface area contributed by atoms with Crippen LogP contribution in [0.4, 0.5) is 16.2 Å². The minimum Gasteiger partial charge on any atom is -0.496 e. The summed E-state index contributed by atoms with van der Waals surface area (Å²) in [5.74, 6) is 0.894. The van der Waals surface area contributed by atoms with Gasteiger partial charge in [-0.25, -0.2) is 4.79 Å². The van der Waals surface area contributed by atoms with E-state index in [2.05, 4.69) is 60.3 Å². The van der Waals surface area contributed by atoms with E-state index in [1.54, 1.807) is 7.11 Å². The molecular formula is C26H36N4O2. The van der Waals surface area contributed by atoms with Crippen LogP contribution >= 0.6 is 0 Å². The first-order chi connectivity index (χ1) is 15.5. The lowest BCUT2D eigenvalue weighted by Crippen LogP contribution is -2.50. The van der Waals surface area contributed by atoms with Crippen LogP contribution in [0, 0.1) is 13.8 Å². The summed E-state index contributed by atoms with van der Waals surface area (Å²) < 4.78 is 5.59. The molecule has 6 heteroatoms. The number of amides is 2. The lowest BCUT2D eigenvalue weighted by Gasteiger charge is -2.37. The van der Waals surface area contributed by atoms with Gasteiger partial charge in [0, 0.05) is 43.6 Å². The third-order valence-electron chi connectivity index (χ3n) is 7.14. The average molecular weight is 437 g/mol. The number of likely N-dealkylation sites (N-methyl/N-ethyl adjacent to an activating group) is 1. The van der Waals surface area contributed by atoms with Gasteiger partial charge in [0.15, 0.2) is 0 Å². The summed E-state index contributed by atoms with van der Waals surface area (Å²) in [6, 6.07) is 12.9. The molecule has 2 aromatic rings. The van der Waals surface area contributed by atoms with Crippen molar-refractivity contribution in [3.63, 3.8) is 0 Å². The van der Waals surface area contributed by atoms with Crippen LogP contribution in [0.1, 0.15) is 29.5 Å². The zero-order valence-electron chi connectivity index (χ0n) is 19.9. The predicted molar refractivity (Wildman–Crippen MR) is 131 cm³/mol. The van der Waals surface area contributed by atoms with Crippen molar-refractivity contribution in [2.75, 3.05) is 57.1 Å². The summed E-state index contributed by atoms with van der Waals surface area (Å²) in [7, 11) is 3.90. The van der Waals surface area contributed by atoms with Crippen molar-refractivity contribution in [3.05, 3.63) is 53.1 Å². The van der Waals surface area contributed by atoms with E-state index >= 15 is 0 Å². The summed E-state index contributed by atoms with van der Waals surface area (Å²) in [5.41, 5.74) is 5.90. The second kappa shape index (κ2) is 9.82. The molecule has 0 saturated carbocycles. The van der Waals surface area contributed by atoms with E-state index in [1.165, 1.54) is 29.7 Å². The van der Waals surface area contributed by atoms with Gasteiger partial charge in [0.1, 0.15) is 5.75 Å². The summed E-state index contributed by atoms with van der Waals surface area (Å²) in [6.45, 7) is 8.60. The van der Waals surface area contributed by atoms with Crippen LogP contribution < -0.4 is 15.0 Å². The van der Waals surface area contributed by atoms with E-state index in [-0.39, 0.29) is 6.03 Å². The molecule has 0 aromatic heterocycles. The number of methoxy groups -OCH3 is 1. The molecule has 32 heavy (non-hydrogen) atoms. The molecule has 2 saturated heterocycles. The van der Waals surface area contributed by atoms with E-state index < -0.39 is 0 Å². The fraction of sp³-hybridized carbons (Fsp3) is 0.500. The maximum Gasteiger partial charge on any atom is 0.321 e. The Labute approximate surface area is 192 Å². The number of carbonyl (C=O) groups is 1. The Morgan fingerprint density at radius 2 is 1.88 bits per heavy atom. The topological polar surface area (TPSA) is 48.1 Å². The number of carbonyl (C=O) groups excluding carboxylic acids is 1. The van der Waals surface area contributed by atoms with Gasteiger partial charge in [0.2, 0.25) is 0 Å². The second-order valence-corrected chi connectivity index (χ2v) is 9.13. The standard InChI is InChI=1S/C26H36N4O2/c1-19-7-5-9-24(20(19)2)29-13-15-30(16-14-29)26(31)27-22-10-11-25(32-4)21(17-22)18-23-8-6-12-28(23)3/h5,7,9-11,17,23H,6,8,12-16,18H2,1-4H3,(H,27,31)/t23-/m0/s1. The highest BCUT2D eigenvalue weighted by atomic mass is 16.5. The minimum atomic E-state index is -0.0280. The quantitative estimate of drug-likeness (QED) is 0.759. The number of rotatable bonds is 5. The second-order valence-electron chi connectivity index (χ2n) is 9.13. The highest BCUT2D eigenvalue weighted by Gasteiger charge is 2.24. The van der Waals surface area contributed by atoms with Gasteiger partial charge in [-0.15, -0.1) is 0 Å². The lowest BCUT2D eigenvalue weighted by molar-refractivity contribution is 0.208. The molecule has 0 spiro atoms. The maximum absolute atomic E-state index is 13.0. The zero-order valence-corrected chi connectivity index (χ0v) is 19.9.